The minimum absolute atomic E-state index is 0.0942. The monoisotopic (exact) mass is 326 g/mol. The fourth-order valence-electron chi connectivity index (χ4n) is 2.35. The molecule has 2 aromatic rings. The predicted octanol–water partition coefficient (Wildman–Crippen LogP) is 3.28. The van der Waals surface area contributed by atoms with Crippen molar-refractivity contribution >= 4 is 11.9 Å². The first kappa shape index (κ1) is 17.7. The number of hydrogen-bond acceptors (Lipinski definition) is 4. The summed E-state index contributed by atoms with van der Waals surface area (Å²) in [6.45, 7) is 3.63. The lowest BCUT2D eigenvalue weighted by molar-refractivity contribution is -0.129. The van der Waals surface area contributed by atoms with E-state index >= 15 is 0 Å². The van der Waals surface area contributed by atoms with Crippen LogP contribution in [0.1, 0.15) is 48.7 Å². The maximum absolute atomic E-state index is 12.4. The van der Waals surface area contributed by atoms with Gasteiger partial charge in [0.1, 0.15) is 0 Å². The number of rotatable bonds is 7. The minimum atomic E-state index is -0.874. The van der Waals surface area contributed by atoms with Crippen LogP contribution in [0.15, 0.2) is 54.9 Å². The van der Waals surface area contributed by atoms with Crippen molar-refractivity contribution in [3.8, 4) is 0 Å². The molecule has 0 aliphatic carbocycles. The van der Waals surface area contributed by atoms with Crippen molar-refractivity contribution in [3.05, 3.63) is 66.0 Å². The summed E-state index contributed by atoms with van der Waals surface area (Å²) in [5, 5.41) is 2.96. The Morgan fingerprint density at radius 1 is 1.17 bits per heavy atom. The molecule has 1 aromatic carbocycles. The average molecular weight is 326 g/mol. The lowest BCUT2D eigenvalue weighted by Crippen LogP contribution is -2.38. The van der Waals surface area contributed by atoms with E-state index in [2.05, 4.69) is 17.2 Å². The van der Waals surface area contributed by atoms with Crippen LogP contribution in [0.25, 0.3) is 0 Å². The summed E-state index contributed by atoms with van der Waals surface area (Å²) in [5.74, 6) is -0.868. The lowest BCUT2D eigenvalue weighted by atomic mass is 10.0. The summed E-state index contributed by atoms with van der Waals surface area (Å²) >= 11 is 0. The Balaban J connectivity index is 1.97. The van der Waals surface area contributed by atoms with Crippen LogP contribution < -0.4 is 5.32 Å². The molecule has 0 aliphatic rings. The second kappa shape index (κ2) is 8.82. The zero-order valence-electron chi connectivity index (χ0n) is 13.9. The first-order valence-electron chi connectivity index (χ1n) is 8.08. The number of aromatic nitrogens is 1. The molecule has 2 rings (SSSR count). The fourth-order valence-corrected chi connectivity index (χ4v) is 2.35. The Bertz CT molecular complexity index is 659. The highest BCUT2D eigenvalue weighted by Crippen LogP contribution is 2.18. The van der Waals surface area contributed by atoms with Gasteiger partial charge in [-0.2, -0.15) is 0 Å². The standard InChI is InChI=1S/C19H22N2O3/c1-3-8-17(15-9-5-4-6-10-15)21-18(22)14(2)24-19(23)16-11-7-12-20-13-16/h4-7,9-14,17H,3,8H2,1-2H3,(H,21,22). The topological polar surface area (TPSA) is 68.3 Å². The van der Waals surface area contributed by atoms with E-state index in [1.54, 1.807) is 25.3 Å². The average Bonchev–Trinajstić information content (AvgIpc) is 2.62. The van der Waals surface area contributed by atoms with Crippen LogP contribution in [-0.2, 0) is 9.53 Å². The molecule has 2 atom stereocenters. The molecule has 0 radical (unpaired) electrons. The van der Waals surface area contributed by atoms with Crippen molar-refractivity contribution in [2.75, 3.05) is 0 Å². The lowest BCUT2D eigenvalue weighted by Gasteiger charge is -2.21. The van der Waals surface area contributed by atoms with Crippen LogP contribution >= 0.6 is 0 Å². The highest BCUT2D eigenvalue weighted by molar-refractivity contribution is 5.91. The Morgan fingerprint density at radius 3 is 2.54 bits per heavy atom. The largest absolute Gasteiger partial charge is 0.449 e. The van der Waals surface area contributed by atoms with Gasteiger partial charge in [0.05, 0.1) is 11.6 Å². The number of hydrogen-bond donors (Lipinski definition) is 1. The van der Waals surface area contributed by atoms with Gasteiger partial charge in [0.25, 0.3) is 5.91 Å². The molecule has 5 nitrogen and oxygen atoms in total. The highest BCUT2D eigenvalue weighted by Gasteiger charge is 2.22. The van der Waals surface area contributed by atoms with Crippen molar-refractivity contribution in [1.29, 1.82) is 0 Å². The van der Waals surface area contributed by atoms with Gasteiger partial charge in [-0.1, -0.05) is 43.7 Å². The van der Waals surface area contributed by atoms with Gasteiger partial charge in [0.2, 0.25) is 0 Å². The van der Waals surface area contributed by atoms with Crippen LogP contribution in [0.4, 0.5) is 0 Å². The Labute approximate surface area is 142 Å². The minimum Gasteiger partial charge on any atom is -0.449 e. The smallest absolute Gasteiger partial charge is 0.340 e. The van der Waals surface area contributed by atoms with Gasteiger partial charge in [0.15, 0.2) is 6.10 Å². The van der Waals surface area contributed by atoms with Gasteiger partial charge in [-0.3, -0.25) is 9.78 Å². The normalized spacial score (nSPS) is 12.9. The van der Waals surface area contributed by atoms with E-state index in [4.69, 9.17) is 4.74 Å². The molecule has 0 spiro atoms. The number of amides is 1. The first-order chi connectivity index (χ1) is 11.6. The Hall–Kier alpha value is -2.69. The number of nitrogens with one attached hydrogen (secondary N) is 1. The molecule has 24 heavy (non-hydrogen) atoms. The van der Waals surface area contributed by atoms with Crippen LogP contribution in [-0.4, -0.2) is 23.0 Å². The maximum atomic E-state index is 12.4. The van der Waals surface area contributed by atoms with E-state index in [1.807, 2.05) is 30.3 Å². The molecule has 0 bridgehead atoms. The summed E-state index contributed by atoms with van der Waals surface area (Å²) in [4.78, 5) is 28.2. The number of pyridine rings is 1. The number of carbonyl (C=O) groups excluding carboxylic acids is 2. The van der Waals surface area contributed by atoms with E-state index in [9.17, 15) is 9.59 Å². The number of esters is 1. The zero-order chi connectivity index (χ0) is 17.4. The van der Waals surface area contributed by atoms with E-state index in [0.717, 1.165) is 18.4 Å². The summed E-state index contributed by atoms with van der Waals surface area (Å²) in [5.41, 5.74) is 1.36. The Morgan fingerprint density at radius 2 is 1.92 bits per heavy atom. The first-order valence-corrected chi connectivity index (χ1v) is 8.08. The molecule has 0 aliphatic heterocycles. The van der Waals surface area contributed by atoms with Gasteiger partial charge in [-0.05, 0) is 31.0 Å². The third-order valence-electron chi connectivity index (χ3n) is 3.65. The SMILES string of the molecule is CCCC(NC(=O)C(C)OC(=O)c1cccnc1)c1ccccc1. The van der Waals surface area contributed by atoms with E-state index in [0.29, 0.717) is 5.56 Å². The van der Waals surface area contributed by atoms with Gasteiger partial charge in [-0.25, -0.2) is 4.79 Å². The fraction of sp³-hybridized carbons (Fsp3) is 0.316. The third-order valence-corrected chi connectivity index (χ3v) is 3.65. The van der Waals surface area contributed by atoms with Gasteiger partial charge < -0.3 is 10.1 Å². The molecule has 1 heterocycles. The molecule has 1 aromatic heterocycles. The number of nitrogens with zero attached hydrogens (tertiary/aromatic N) is 1. The summed E-state index contributed by atoms with van der Waals surface area (Å²) in [6.07, 6.45) is 3.86. The molecule has 1 amide bonds. The number of ether oxygens (including phenoxy) is 1. The van der Waals surface area contributed by atoms with Gasteiger partial charge >= 0.3 is 5.97 Å². The molecule has 2 unspecified atom stereocenters. The molecule has 0 saturated carbocycles. The Kier molecular flexibility index (Phi) is 6.49. The number of carbonyl (C=O) groups is 2. The highest BCUT2D eigenvalue weighted by atomic mass is 16.5. The number of benzene rings is 1. The van der Waals surface area contributed by atoms with Gasteiger partial charge in [0, 0.05) is 12.4 Å². The molecule has 0 fully saturated rings. The van der Waals surface area contributed by atoms with Crippen LogP contribution in [0.3, 0.4) is 0 Å². The zero-order valence-corrected chi connectivity index (χ0v) is 13.9. The summed E-state index contributed by atoms with van der Waals surface area (Å²) < 4.78 is 5.22. The van der Waals surface area contributed by atoms with Crippen LogP contribution in [0.5, 0.6) is 0 Å². The van der Waals surface area contributed by atoms with Crippen LogP contribution in [0.2, 0.25) is 0 Å². The summed E-state index contributed by atoms with van der Waals surface area (Å²) in [7, 11) is 0. The molecule has 1 N–H and O–H groups in total. The maximum Gasteiger partial charge on any atom is 0.340 e. The van der Waals surface area contributed by atoms with Gasteiger partial charge in [-0.15, -0.1) is 0 Å². The van der Waals surface area contributed by atoms with Crippen molar-refractivity contribution < 1.29 is 14.3 Å². The summed E-state index contributed by atoms with van der Waals surface area (Å²) in [6, 6.07) is 12.9. The third kappa shape index (κ3) is 4.91. The van der Waals surface area contributed by atoms with Crippen molar-refractivity contribution in [1.82, 2.24) is 10.3 Å². The van der Waals surface area contributed by atoms with E-state index < -0.39 is 12.1 Å². The van der Waals surface area contributed by atoms with Crippen LogP contribution in [0, 0.1) is 0 Å². The molecular formula is C19H22N2O3. The van der Waals surface area contributed by atoms with Crippen molar-refractivity contribution in [2.24, 2.45) is 0 Å². The van der Waals surface area contributed by atoms with Crippen molar-refractivity contribution in [3.63, 3.8) is 0 Å². The molecule has 5 heteroatoms. The second-order valence-corrected chi connectivity index (χ2v) is 5.55. The quantitative estimate of drug-likeness (QED) is 0.793. The molecule has 0 saturated heterocycles. The predicted molar refractivity (Wildman–Crippen MR) is 91.3 cm³/mol. The molecule has 126 valence electrons. The second-order valence-electron chi connectivity index (χ2n) is 5.55. The van der Waals surface area contributed by atoms with E-state index in [1.165, 1.54) is 6.20 Å². The molecular weight excluding hydrogens is 304 g/mol. The van der Waals surface area contributed by atoms with Crippen molar-refractivity contribution in [2.45, 2.75) is 38.8 Å². The van der Waals surface area contributed by atoms with E-state index in [-0.39, 0.29) is 11.9 Å².